The minimum absolute atomic E-state index is 0.0118. The second kappa shape index (κ2) is 5.25. The van der Waals surface area contributed by atoms with Crippen LogP contribution >= 0.6 is 11.6 Å². The number of nitrogens with zero attached hydrogens (tertiary/aromatic N) is 2. The Balaban J connectivity index is 2.52. The molecule has 0 saturated heterocycles. The maximum atomic E-state index is 6.02. The molecule has 0 fully saturated rings. The van der Waals surface area contributed by atoms with E-state index in [2.05, 4.69) is 16.5 Å². The largest absolute Gasteiger partial charge is 0.383 e. The molecular weight excluding hydrogens is 188 g/mol. The summed E-state index contributed by atoms with van der Waals surface area (Å²) in [4.78, 5) is 4.23. The molecule has 0 aromatic carbocycles. The van der Waals surface area contributed by atoms with Gasteiger partial charge in [-0.3, -0.25) is 0 Å². The van der Waals surface area contributed by atoms with E-state index in [4.69, 9.17) is 16.3 Å². The van der Waals surface area contributed by atoms with E-state index < -0.39 is 0 Å². The van der Waals surface area contributed by atoms with Crippen molar-refractivity contribution in [1.29, 1.82) is 0 Å². The molecule has 0 aliphatic heterocycles. The summed E-state index contributed by atoms with van der Waals surface area (Å²) in [5.74, 6) is 1.03. The van der Waals surface area contributed by atoms with Crippen molar-refractivity contribution in [2.45, 2.75) is 25.3 Å². The predicted octanol–water partition coefficient (Wildman–Crippen LogP) is 1.70. The van der Waals surface area contributed by atoms with Crippen molar-refractivity contribution in [1.82, 2.24) is 9.55 Å². The van der Waals surface area contributed by atoms with E-state index in [1.807, 2.05) is 6.20 Å². The van der Waals surface area contributed by atoms with Crippen LogP contribution in [0, 0.1) is 0 Å². The van der Waals surface area contributed by atoms with E-state index in [0.29, 0.717) is 6.61 Å². The summed E-state index contributed by atoms with van der Waals surface area (Å²) in [6.45, 7) is 3.59. The van der Waals surface area contributed by atoms with Crippen molar-refractivity contribution in [3.63, 3.8) is 0 Å². The monoisotopic (exact) mass is 202 g/mol. The minimum atomic E-state index is 0.0118. The van der Waals surface area contributed by atoms with Gasteiger partial charge in [0.05, 0.1) is 12.0 Å². The second-order valence-electron chi connectivity index (χ2n) is 2.89. The highest BCUT2D eigenvalue weighted by Gasteiger charge is 2.09. The molecule has 1 aromatic heterocycles. The summed E-state index contributed by atoms with van der Waals surface area (Å²) in [6, 6.07) is 0. The minimum Gasteiger partial charge on any atom is -0.383 e. The first-order valence-electron chi connectivity index (χ1n) is 4.41. The molecule has 0 aliphatic carbocycles. The number of ether oxygens (including phenoxy) is 1. The Morgan fingerprint density at radius 1 is 1.69 bits per heavy atom. The number of hydrogen-bond acceptors (Lipinski definition) is 2. The lowest BCUT2D eigenvalue weighted by molar-refractivity contribution is 0.197. The van der Waals surface area contributed by atoms with Crippen molar-refractivity contribution in [3.8, 4) is 0 Å². The number of methoxy groups -OCH3 is 1. The predicted molar refractivity (Wildman–Crippen MR) is 53.1 cm³/mol. The van der Waals surface area contributed by atoms with Gasteiger partial charge in [-0.2, -0.15) is 0 Å². The van der Waals surface area contributed by atoms with Crippen molar-refractivity contribution < 1.29 is 4.74 Å². The first-order valence-corrected chi connectivity index (χ1v) is 4.84. The van der Waals surface area contributed by atoms with Crippen LogP contribution in [0.1, 0.15) is 12.7 Å². The van der Waals surface area contributed by atoms with Crippen LogP contribution < -0.4 is 0 Å². The molecule has 0 bridgehead atoms. The lowest BCUT2D eigenvalue weighted by Crippen LogP contribution is -2.14. The topological polar surface area (TPSA) is 27.1 Å². The van der Waals surface area contributed by atoms with Gasteiger partial charge in [-0.1, -0.05) is 0 Å². The zero-order chi connectivity index (χ0) is 9.68. The SMILES string of the molecule is CCn1ccnc1CC(Cl)COC. The van der Waals surface area contributed by atoms with Crippen LogP contribution in [0.3, 0.4) is 0 Å². The molecule has 0 N–H and O–H groups in total. The van der Waals surface area contributed by atoms with E-state index in [1.165, 1.54) is 0 Å². The smallest absolute Gasteiger partial charge is 0.110 e. The summed E-state index contributed by atoms with van der Waals surface area (Å²) in [5, 5.41) is 0.0118. The summed E-state index contributed by atoms with van der Waals surface area (Å²) in [6.07, 6.45) is 4.53. The summed E-state index contributed by atoms with van der Waals surface area (Å²) in [5.41, 5.74) is 0. The molecule has 0 aliphatic rings. The molecule has 13 heavy (non-hydrogen) atoms. The highest BCUT2D eigenvalue weighted by atomic mass is 35.5. The number of aromatic nitrogens is 2. The fourth-order valence-electron chi connectivity index (χ4n) is 1.26. The van der Waals surface area contributed by atoms with Crippen LogP contribution in [0.25, 0.3) is 0 Å². The molecular formula is C9H15ClN2O. The highest BCUT2D eigenvalue weighted by molar-refractivity contribution is 6.20. The van der Waals surface area contributed by atoms with Gasteiger partial charge in [0.25, 0.3) is 0 Å². The molecule has 0 amide bonds. The highest BCUT2D eigenvalue weighted by Crippen LogP contribution is 2.06. The van der Waals surface area contributed by atoms with Gasteiger partial charge in [0, 0.05) is 32.5 Å². The first-order chi connectivity index (χ1) is 6.27. The zero-order valence-corrected chi connectivity index (χ0v) is 8.79. The summed E-state index contributed by atoms with van der Waals surface area (Å²) >= 11 is 6.02. The van der Waals surface area contributed by atoms with Gasteiger partial charge in [0.2, 0.25) is 0 Å². The van der Waals surface area contributed by atoms with Gasteiger partial charge in [-0.25, -0.2) is 4.98 Å². The van der Waals surface area contributed by atoms with E-state index >= 15 is 0 Å². The molecule has 3 nitrogen and oxygen atoms in total. The van der Waals surface area contributed by atoms with Crippen LogP contribution in [-0.2, 0) is 17.7 Å². The van der Waals surface area contributed by atoms with Gasteiger partial charge >= 0.3 is 0 Å². The van der Waals surface area contributed by atoms with Gasteiger partial charge < -0.3 is 9.30 Å². The standard InChI is InChI=1S/C9H15ClN2O/c1-3-12-5-4-11-9(12)6-8(10)7-13-2/h4-5,8H,3,6-7H2,1-2H3. The Morgan fingerprint density at radius 2 is 2.46 bits per heavy atom. The maximum Gasteiger partial charge on any atom is 0.110 e. The van der Waals surface area contributed by atoms with E-state index in [0.717, 1.165) is 18.8 Å². The molecule has 0 saturated carbocycles. The Kier molecular flexibility index (Phi) is 4.25. The average Bonchev–Trinajstić information content (AvgIpc) is 2.52. The Labute approximate surface area is 83.7 Å². The lowest BCUT2D eigenvalue weighted by Gasteiger charge is -2.08. The molecule has 1 atom stereocenters. The third kappa shape index (κ3) is 3.01. The number of halogens is 1. The normalized spacial score (nSPS) is 13.2. The number of hydrogen-bond donors (Lipinski definition) is 0. The van der Waals surface area contributed by atoms with Crippen LogP contribution in [0.4, 0.5) is 0 Å². The summed E-state index contributed by atoms with van der Waals surface area (Å²) < 4.78 is 7.05. The first kappa shape index (κ1) is 10.5. The summed E-state index contributed by atoms with van der Waals surface area (Å²) in [7, 11) is 1.65. The number of rotatable bonds is 5. The van der Waals surface area contributed by atoms with Gasteiger partial charge in [-0.15, -0.1) is 11.6 Å². The number of imidazole rings is 1. The number of alkyl halides is 1. The number of aryl methyl sites for hydroxylation is 1. The van der Waals surface area contributed by atoms with E-state index in [9.17, 15) is 0 Å². The quantitative estimate of drug-likeness (QED) is 0.680. The van der Waals surface area contributed by atoms with Gasteiger partial charge in [0.15, 0.2) is 0 Å². The van der Waals surface area contributed by atoms with Crippen molar-refractivity contribution in [3.05, 3.63) is 18.2 Å². The molecule has 1 unspecified atom stereocenters. The zero-order valence-electron chi connectivity index (χ0n) is 8.03. The van der Waals surface area contributed by atoms with E-state index in [1.54, 1.807) is 13.3 Å². The van der Waals surface area contributed by atoms with E-state index in [-0.39, 0.29) is 5.38 Å². The molecule has 74 valence electrons. The van der Waals surface area contributed by atoms with Crippen LogP contribution in [0.15, 0.2) is 12.4 Å². The Bertz CT molecular complexity index is 250. The molecule has 1 aromatic rings. The fraction of sp³-hybridized carbons (Fsp3) is 0.667. The molecule has 0 radical (unpaired) electrons. The molecule has 1 rings (SSSR count). The molecule has 0 spiro atoms. The molecule has 4 heteroatoms. The Hall–Kier alpha value is -0.540. The third-order valence-electron chi connectivity index (χ3n) is 1.89. The Morgan fingerprint density at radius 3 is 3.08 bits per heavy atom. The van der Waals surface area contributed by atoms with Crippen molar-refractivity contribution in [2.75, 3.05) is 13.7 Å². The van der Waals surface area contributed by atoms with Crippen LogP contribution in [-0.4, -0.2) is 28.6 Å². The van der Waals surface area contributed by atoms with Crippen molar-refractivity contribution in [2.24, 2.45) is 0 Å². The third-order valence-corrected chi connectivity index (χ3v) is 2.17. The fourth-order valence-corrected chi connectivity index (χ4v) is 1.52. The van der Waals surface area contributed by atoms with Crippen LogP contribution in [0.2, 0.25) is 0 Å². The molecule has 1 heterocycles. The van der Waals surface area contributed by atoms with Crippen molar-refractivity contribution >= 4 is 11.6 Å². The van der Waals surface area contributed by atoms with Crippen LogP contribution in [0.5, 0.6) is 0 Å². The average molecular weight is 203 g/mol. The lowest BCUT2D eigenvalue weighted by atomic mass is 10.3. The maximum absolute atomic E-state index is 6.02. The second-order valence-corrected chi connectivity index (χ2v) is 3.50. The van der Waals surface area contributed by atoms with Gasteiger partial charge in [0.1, 0.15) is 5.82 Å². The van der Waals surface area contributed by atoms with Gasteiger partial charge in [-0.05, 0) is 6.92 Å².